The number of alkyl halides is 3. The molecule has 0 saturated carbocycles. The highest BCUT2D eigenvalue weighted by atomic mass is 19.4. The van der Waals surface area contributed by atoms with Crippen molar-refractivity contribution >= 4 is 12.0 Å². The van der Waals surface area contributed by atoms with Crippen LogP contribution in [0, 0.1) is 17.7 Å². The molecule has 0 radical (unpaired) electrons. The van der Waals surface area contributed by atoms with Crippen LogP contribution in [0.5, 0.6) is 0 Å². The first-order valence-electron chi connectivity index (χ1n) is 8.30. The third kappa shape index (κ3) is 3.61. The Bertz CT molecular complexity index is 722. The SMILES string of the molecule is O=C(O)[C@@H]1CN(C(=O)N[C@@H]2CCCc3ccc(F)cc32)C[C@H]1C(F)(F)F. The molecule has 0 aromatic heterocycles. The summed E-state index contributed by atoms with van der Waals surface area (Å²) in [4.78, 5) is 24.4. The highest BCUT2D eigenvalue weighted by Gasteiger charge is 2.53. The molecule has 1 aromatic rings. The van der Waals surface area contributed by atoms with Crippen LogP contribution in [0.2, 0.25) is 0 Å². The summed E-state index contributed by atoms with van der Waals surface area (Å²) < 4.78 is 52.6. The number of halogens is 4. The summed E-state index contributed by atoms with van der Waals surface area (Å²) in [7, 11) is 0. The van der Waals surface area contributed by atoms with E-state index in [9.17, 15) is 27.2 Å². The Balaban J connectivity index is 1.74. The molecule has 2 N–H and O–H groups in total. The molecule has 9 heteroatoms. The van der Waals surface area contributed by atoms with Gasteiger partial charge in [-0.25, -0.2) is 9.18 Å². The molecule has 0 unspecified atom stereocenters. The monoisotopic (exact) mass is 374 g/mol. The van der Waals surface area contributed by atoms with Gasteiger partial charge < -0.3 is 15.3 Å². The largest absolute Gasteiger partial charge is 0.481 e. The zero-order chi connectivity index (χ0) is 19.1. The van der Waals surface area contributed by atoms with Gasteiger partial charge in [-0.1, -0.05) is 6.07 Å². The van der Waals surface area contributed by atoms with E-state index in [4.69, 9.17) is 5.11 Å². The second-order valence-corrected chi connectivity index (χ2v) is 6.74. The number of aliphatic carboxylic acids is 1. The molecule has 0 spiro atoms. The maximum absolute atomic E-state index is 13.5. The van der Waals surface area contributed by atoms with Gasteiger partial charge in [-0.3, -0.25) is 4.79 Å². The van der Waals surface area contributed by atoms with E-state index < -0.39 is 55.0 Å². The van der Waals surface area contributed by atoms with Crippen LogP contribution < -0.4 is 5.32 Å². The van der Waals surface area contributed by atoms with Crippen molar-refractivity contribution in [1.29, 1.82) is 0 Å². The molecule has 2 aliphatic rings. The molecule has 2 amide bonds. The van der Waals surface area contributed by atoms with E-state index in [-0.39, 0.29) is 0 Å². The Labute approximate surface area is 147 Å². The van der Waals surface area contributed by atoms with Gasteiger partial charge in [-0.15, -0.1) is 0 Å². The first-order valence-corrected chi connectivity index (χ1v) is 8.30. The van der Waals surface area contributed by atoms with Crippen LogP contribution in [0.25, 0.3) is 0 Å². The van der Waals surface area contributed by atoms with E-state index in [1.807, 2.05) is 0 Å². The second kappa shape index (κ2) is 6.77. The average molecular weight is 374 g/mol. The summed E-state index contributed by atoms with van der Waals surface area (Å²) in [6, 6.07) is 3.02. The van der Waals surface area contributed by atoms with Gasteiger partial charge in [0.15, 0.2) is 0 Å². The Morgan fingerprint density at radius 2 is 1.96 bits per heavy atom. The predicted molar refractivity (Wildman–Crippen MR) is 82.9 cm³/mol. The number of amides is 2. The number of urea groups is 1. The van der Waals surface area contributed by atoms with Crippen LogP contribution in [0.4, 0.5) is 22.4 Å². The summed E-state index contributed by atoms with van der Waals surface area (Å²) in [5.41, 5.74) is 1.51. The molecule has 142 valence electrons. The molecule has 1 saturated heterocycles. The number of hydrogen-bond acceptors (Lipinski definition) is 2. The predicted octanol–water partition coefficient (Wildman–Crippen LogP) is 3.11. The van der Waals surface area contributed by atoms with Crippen molar-refractivity contribution in [2.24, 2.45) is 11.8 Å². The minimum atomic E-state index is -4.70. The zero-order valence-electron chi connectivity index (χ0n) is 13.7. The minimum Gasteiger partial charge on any atom is -0.481 e. The normalized spacial score (nSPS) is 25.7. The minimum absolute atomic E-state index is 0.450. The highest BCUT2D eigenvalue weighted by Crippen LogP contribution is 2.38. The summed E-state index contributed by atoms with van der Waals surface area (Å²) in [5.74, 6) is -5.81. The topological polar surface area (TPSA) is 69.6 Å². The van der Waals surface area contributed by atoms with Crippen molar-refractivity contribution in [3.8, 4) is 0 Å². The molecular weight excluding hydrogens is 356 g/mol. The maximum Gasteiger partial charge on any atom is 0.394 e. The smallest absolute Gasteiger partial charge is 0.394 e. The third-order valence-electron chi connectivity index (χ3n) is 5.06. The average Bonchev–Trinajstić information content (AvgIpc) is 3.01. The van der Waals surface area contributed by atoms with Crippen molar-refractivity contribution in [1.82, 2.24) is 10.2 Å². The number of carboxylic acids is 1. The Hall–Kier alpha value is -2.32. The standard InChI is InChI=1S/C17H18F4N2O3/c18-10-5-4-9-2-1-3-14(11(9)6-10)22-16(26)23-7-12(15(24)25)13(8-23)17(19,20)21/h4-6,12-14H,1-3,7-8H2,(H,22,26)(H,24,25)/t12-,13-,14-/m1/s1. The molecule has 1 fully saturated rings. The molecule has 1 aromatic carbocycles. The van der Waals surface area contributed by atoms with E-state index in [0.717, 1.165) is 23.3 Å². The quantitative estimate of drug-likeness (QED) is 0.782. The van der Waals surface area contributed by atoms with E-state index in [2.05, 4.69) is 5.32 Å². The van der Waals surface area contributed by atoms with Gasteiger partial charge in [0.2, 0.25) is 0 Å². The third-order valence-corrected chi connectivity index (χ3v) is 5.06. The molecule has 1 aliphatic heterocycles. The number of hydrogen-bond donors (Lipinski definition) is 2. The molecule has 5 nitrogen and oxygen atoms in total. The van der Waals surface area contributed by atoms with E-state index >= 15 is 0 Å². The first kappa shape index (κ1) is 18.5. The fraction of sp³-hybridized carbons (Fsp3) is 0.529. The van der Waals surface area contributed by atoms with Crippen molar-refractivity contribution in [3.05, 3.63) is 35.1 Å². The number of rotatable bonds is 2. The van der Waals surface area contributed by atoms with Crippen molar-refractivity contribution in [2.75, 3.05) is 13.1 Å². The summed E-state index contributed by atoms with van der Waals surface area (Å²) in [5, 5.41) is 11.7. The Morgan fingerprint density at radius 1 is 1.23 bits per heavy atom. The number of fused-ring (bicyclic) bond motifs is 1. The molecule has 3 rings (SSSR count). The lowest BCUT2D eigenvalue weighted by molar-refractivity contribution is -0.187. The first-order chi connectivity index (χ1) is 12.2. The van der Waals surface area contributed by atoms with Crippen LogP contribution in [-0.2, 0) is 11.2 Å². The number of aryl methyl sites for hydroxylation is 1. The number of likely N-dealkylation sites (tertiary alicyclic amines) is 1. The van der Waals surface area contributed by atoms with Crippen LogP contribution in [0.1, 0.15) is 30.0 Å². The summed E-state index contributed by atoms with van der Waals surface area (Å²) in [6.07, 6.45) is -2.66. The van der Waals surface area contributed by atoms with Crippen molar-refractivity contribution in [3.63, 3.8) is 0 Å². The van der Waals surface area contributed by atoms with E-state index in [1.165, 1.54) is 12.1 Å². The molecule has 1 aliphatic carbocycles. The van der Waals surface area contributed by atoms with Crippen LogP contribution >= 0.6 is 0 Å². The van der Waals surface area contributed by atoms with Gasteiger partial charge >= 0.3 is 18.2 Å². The van der Waals surface area contributed by atoms with Gasteiger partial charge in [-0.2, -0.15) is 13.2 Å². The number of carbonyl (C=O) groups excluding carboxylic acids is 1. The zero-order valence-corrected chi connectivity index (χ0v) is 13.7. The second-order valence-electron chi connectivity index (χ2n) is 6.74. The number of carbonyl (C=O) groups is 2. The van der Waals surface area contributed by atoms with E-state index in [0.29, 0.717) is 12.0 Å². The van der Waals surface area contributed by atoms with Gasteiger partial charge in [0, 0.05) is 13.1 Å². The lowest BCUT2D eigenvalue weighted by Crippen LogP contribution is -2.42. The van der Waals surface area contributed by atoms with Gasteiger partial charge in [0.05, 0.1) is 17.9 Å². The fourth-order valence-electron chi connectivity index (χ4n) is 3.71. The maximum atomic E-state index is 13.5. The molecule has 1 heterocycles. The lowest BCUT2D eigenvalue weighted by atomic mass is 9.87. The van der Waals surface area contributed by atoms with E-state index in [1.54, 1.807) is 6.07 Å². The van der Waals surface area contributed by atoms with Crippen LogP contribution in [0.15, 0.2) is 18.2 Å². The molecular formula is C17H18F4N2O3. The number of carboxylic acid groups (broad SMARTS) is 1. The Kier molecular flexibility index (Phi) is 4.81. The number of benzene rings is 1. The van der Waals surface area contributed by atoms with Crippen molar-refractivity contribution in [2.45, 2.75) is 31.5 Å². The van der Waals surface area contributed by atoms with Crippen LogP contribution in [-0.4, -0.2) is 41.3 Å². The van der Waals surface area contributed by atoms with Crippen molar-refractivity contribution < 1.29 is 32.3 Å². The van der Waals surface area contributed by atoms with Crippen LogP contribution in [0.3, 0.4) is 0 Å². The number of nitrogens with zero attached hydrogens (tertiary/aromatic N) is 1. The molecule has 3 atom stereocenters. The van der Waals surface area contributed by atoms with Gasteiger partial charge in [0.25, 0.3) is 0 Å². The summed E-state index contributed by atoms with van der Waals surface area (Å²) >= 11 is 0. The Morgan fingerprint density at radius 3 is 2.58 bits per heavy atom. The summed E-state index contributed by atoms with van der Waals surface area (Å²) in [6.45, 7) is -1.21. The molecule has 0 bridgehead atoms. The lowest BCUT2D eigenvalue weighted by Gasteiger charge is -2.28. The number of nitrogens with one attached hydrogen (secondary N) is 1. The highest BCUT2D eigenvalue weighted by molar-refractivity contribution is 5.78. The van der Waals surface area contributed by atoms with Gasteiger partial charge in [0.1, 0.15) is 5.82 Å². The fourth-order valence-corrected chi connectivity index (χ4v) is 3.71. The van der Waals surface area contributed by atoms with Gasteiger partial charge in [-0.05, 0) is 42.5 Å². The molecule has 26 heavy (non-hydrogen) atoms.